The van der Waals surface area contributed by atoms with E-state index in [9.17, 15) is 0 Å². The van der Waals surface area contributed by atoms with Crippen LogP contribution in [0.2, 0.25) is 0 Å². The maximum absolute atomic E-state index is 5.14. The van der Waals surface area contributed by atoms with Crippen molar-refractivity contribution in [1.82, 2.24) is 0 Å². The molecule has 1 nitrogen and oxygen atoms in total. The summed E-state index contributed by atoms with van der Waals surface area (Å²) in [5.41, 5.74) is 0. The van der Waals surface area contributed by atoms with Crippen molar-refractivity contribution in [3.8, 4) is 0 Å². The van der Waals surface area contributed by atoms with Gasteiger partial charge in [0.2, 0.25) is 0 Å². The molecule has 1 heteroatoms. The highest BCUT2D eigenvalue weighted by Gasteiger charge is 1.82. The lowest BCUT2D eigenvalue weighted by Crippen LogP contribution is -1.91. The highest BCUT2D eigenvalue weighted by atomic mass is 16.5. The van der Waals surface area contributed by atoms with Crippen LogP contribution in [-0.4, -0.2) is 13.2 Å². The normalized spacial score (nSPS) is 8.27. The van der Waals surface area contributed by atoms with Gasteiger partial charge in [0.05, 0.1) is 0 Å². The molecule has 0 amide bonds. The number of hydrogen-bond acceptors (Lipinski definition) is 1. The third-order valence-electron chi connectivity index (χ3n) is 1.10. The lowest BCUT2D eigenvalue weighted by atomic mass is 10.3. The van der Waals surface area contributed by atoms with Gasteiger partial charge in [-0.1, -0.05) is 25.8 Å². The van der Waals surface area contributed by atoms with Gasteiger partial charge in [0.1, 0.15) is 0 Å². The molecule has 0 aromatic rings. The van der Waals surface area contributed by atoms with Crippen LogP contribution in [0.25, 0.3) is 0 Å². The first-order valence-corrected chi connectivity index (χ1v) is 4.48. The fourth-order valence-electron chi connectivity index (χ4n) is 0.598. The Hall–Kier alpha value is -0.300. The van der Waals surface area contributed by atoms with Crippen molar-refractivity contribution in [2.45, 2.75) is 40.0 Å². The van der Waals surface area contributed by atoms with Crippen molar-refractivity contribution in [3.05, 3.63) is 12.7 Å². The predicted molar refractivity (Wildman–Crippen MR) is 51.9 cm³/mol. The van der Waals surface area contributed by atoms with Crippen molar-refractivity contribution in [2.24, 2.45) is 0 Å². The Bertz CT molecular complexity index is 53.9. The maximum atomic E-state index is 5.14. The van der Waals surface area contributed by atoms with Crippen molar-refractivity contribution in [2.75, 3.05) is 13.2 Å². The molecule has 0 atom stereocenters. The van der Waals surface area contributed by atoms with Gasteiger partial charge in [-0.05, 0) is 20.3 Å². The first-order valence-electron chi connectivity index (χ1n) is 4.48. The number of hydrogen-bond donors (Lipinski definition) is 0. The minimum Gasteiger partial charge on any atom is -0.382 e. The van der Waals surface area contributed by atoms with Gasteiger partial charge in [-0.15, -0.1) is 6.58 Å². The minimum absolute atomic E-state index is 0.865. The van der Waals surface area contributed by atoms with Crippen molar-refractivity contribution in [3.63, 3.8) is 0 Å². The molecule has 0 aromatic heterocycles. The summed E-state index contributed by atoms with van der Waals surface area (Å²) in [5.74, 6) is 0. The number of unbranched alkanes of at least 4 members (excludes halogenated alkanes) is 2. The number of allylic oxidation sites excluding steroid dienone is 1. The van der Waals surface area contributed by atoms with Crippen molar-refractivity contribution in [1.29, 1.82) is 0 Å². The zero-order chi connectivity index (χ0) is 8.95. The Kier molecular flexibility index (Phi) is 19.8. The Morgan fingerprint density at radius 2 is 1.82 bits per heavy atom. The minimum atomic E-state index is 0.865. The third kappa shape index (κ3) is 26.0. The van der Waals surface area contributed by atoms with Crippen molar-refractivity contribution >= 4 is 0 Å². The Morgan fingerprint density at radius 3 is 2.18 bits per heavy atom. The molecular weight excluding hydrogens is 136 g/mol. The van der Waals surface area contributed by atoms with Gasteiger partial charge in [-0.25, -0.2) is 0 Å². The fraction of sp³-hybridized carbons (Fsp3) is 0.800. The van der Waals surface area contributed by atoms with Crippen LogP contribution in [-0.2, 0) is 4.74 Å². The monoisotopic (exact) mass is 158 g/mol. The number of ether oxygens (including phenoxy) is 1. The summed E-state index contributed by atoms with van der Waals surface area (Å²) in [6.45, 7) is 11.3. The molecule has 0 rings (SSSR count). The van der Waals surface area contributed by atoms with E-state index in [0.29, 0.717) is 0 Å². The number of rotatable bonds is 5. The summed E-state index contributed by atoms with van der Waals surface area (Å²) in [6.07, 6.45) is 5.57. The second-order valence-electron chi connectivity index (χ2n) is 2.31. The fourth-order valence-corrected chi connectivity index (χ4v) is 0.598. The molecule has 0 bridgehead atoms. The van der Waals surface area contributed by atoms with Crippen LogP contribution >= 0.6 is 0 Å². The van der Waals surface area contributed by atoms with Gasteiger partial charge >= 0.3 is 0 Å². The highest BCUT2D eigenvalue weighted by molar-refractivity contribution is 4.51. The average molecular weight is 158 g/mol. The molecule has 11 heavy (non-hydrogen) atoms. The topological polar surface area (TPSA) is 9.23 Å². The van der Waals surface area contributed by atoms with E-state index in [-0.39, 0.29) is 0 Å². The Labute approximate surface area is 71.5 Å². The van der Waals surface area contributed by atoms with Gasteiger partial charge in [0, 0.05) is 13.2 Å². The second kappa shape index (κ2) is 16.4. The molecule has 0 radical (unpaired) electrons. The Balaban J connectivity index is 0. The van der Waals surface area contributed by atoms with E-state index in [4.69, 9.17) is 4.74 Å². The largest absolute Gasteiger partial charge is 0.382 e. The molecule has 0 aliphatic rings. The molecular formula is C10H22O. The molecule has 0 saturated carbocycles. The molecule has 0 heterocycles. The van der Waals surface area contributed by atoms with Crippen LogP contribution in [0.3, 0.4) is 0 Å². The summed E-state index contributed by atoms with van der Waals surface area (Å²) >= 11 is 0. The van der Waals surface area contributed by atoms with E-state index in [1.54, 1.807) is 6.08 Å². The van der Waals surface area contributed by atoms with Gasteiger partial charge < -0.3 is 4.74 Å². The van der Waals surface area contributed by atoms with Crippen LogP contribution < -0.4 is 0 Å². The predicted octanol–water partition coefficient (Wildman–Crippen LogP) is 3.41. The molecule has 0 aliphatic heterocycles. The van der Waals surface area contributed by atoms with E-state index in [0.717, 1.165) is 13.2 Å². The van der Waals surface area contributed by atoms with Gasteiger partial charge in [-0.3, -0.25) is 0 Å². The first-order chi connectivity index (χ1) is 5.33. The van der Waals surface area contributed by atoms with Crippen LogP contribution in [0.1, 0.15) is 40.0 Å². The van der Waals surface area contributed by atoms with Gasteiger partial charge in [-0.2, -0.15) is 0 Å². The van der Waals surface area contributed by atoms with Crippen LogP contribution in [0.5, 0.6) is 0 Å². The van der Waals surface area contributed by atoms with E-state index < -0.39 is 0 Å². The van der Waals surface area contributed by atoms with Crippen molar-refractivity contribution < 1.29 is 4.74 Å². The summed E-state index contributed by atoms with van der Waals surface area (Å²) in [6, 6.07) is 0. The molecule has 68 valence electrons. The van der Waals surface area contributed by atoms with E-state index >= 15 is 0 Å². The third-order valence-corrected chi connectivity index (χ3v) is 1.10. The summed E-state index contributed by atoms with van der Waals surface area (Å²) in [7, 11) is 0. The molecule has 0 fully saturated rings. The lowest BCUT2D eigenvalue weighted by molar-refractivity contribution is 0.143. The average Bonchev–Trinajstić information content (AvgIpc) is 2.00. The zero-order valence-electron chi connectivity index (χ0n) is 8.23. The molecule has 0 spiro atoms. The summed E-state index contributed by atoms with van der Waals surface area (Å²) in [5, 5.41) is 0. The highest BCUT2D eigenvalue weighted by Crippen LogP contribution is 1.92. The second-order valence-corrected chi connectivity index (χ2v) is 2.31. The zero-order valence-corrected chi connectivity index (χ0v) is 8.23. The molecule has 0 N–H and O–H groups in total. The lowest BCUT2D eigenvalue weighted by Gasteiger charge is -1.96. The summed E-state index contributed by atoms with van der Waals surface area (Å²) in [4.78, 5) is 0. The van der Waals surface area contributed by atoms with Crippen LogP contribution in [0, 0.1) is 0 Å². The van der Waals surface area contributed by atoms with E-state index in [1.807, 2.05) is 13.8 Å². The smallest absolute Gasteiger partial charge is 0.0465 e. The van der Waals surface area contributed by atoms with Gasteiger partial charge in [0.25, 0.3) is 0 Å². The Morgan fingerprint density at radius 1 is 1.27 bits per heavy atom. The first kappa shape index (κ1) is 13.3. The van der Waals surface area contributed by atoms with Crippen LogP contribution in [0.15, 0.2) is 12.7 Å². The summed E-state index contributed by atoms with van der Waals surface area (Å²) < 4.78 is 5.14. The standard InChI is InChI=1S/C7H16O.C3H6/c1-3-5-6-7-8-4-2;1-3-2/h3-7H2,1-2H3;3H,1H2,2H3. The molecule has 0 aromatic carbocycles. The SMILES string of the molecule is C=CC.CCCCCOCC. The van der Waals surface area contributed by atoms with Crippen LogP contribution in [0.4, 0.5) is 0 Å². The van der Waals surface area contributed by atoms with Gasteiger partial charge in [0.15, 0.2) is 0 Å². The molecule has 0 saturated heterocycles. The quantitative estimate of drug-likeness (QED) is 0.440. The van der Waals surface area contributed by atoms with E-state index in [2.05, 4.69) is 13.5 Å². The molecule has 0 unspecified atom stereocenters. The molecule has 0 aliphatic carbocycles. The maximum Gasteiger partial charge on any atom is 0.0465 e. The van der Waals surface area contributed by atoms with E-state index in [1.165, 1.54) is 19.3 Å².